The highest BCUT2D eigenvalue weighted by Crippen LogP contribution is 2.31. The number of hydrogen-bond acceptors (Lipinski definition) is 3. The third-order valence-electron chi connectivity index (χ3n) is 3.24. The first kappa shape index (κ1) is 16.3. The van der Waals surface area contributed by atoms with Gasteiger partial charge in [-0.25, -0.2) is 9.78 Å². The van der Waals surface area contributed by atoms with E-state index in [1.807, 2.05) is 6.07 Å². The number of H-pyrrole nitrogens is 1. The topological polar surface area (TPSA) is 55.0 Å². The Kier molecular flexibility index (Phi) is 4.62. The number of halogens is 3. The molecule has 7 heteroatoms. The van der Waals surface area contributed by atoms with Gasteiger partial charge >= 0.3 is 5.97 Å². The summed E-state index contributed by atoms with van der Waals surface area (Å²) in [4.78, 5) is 19.6. The fourth-order valence-electron chi connectivity index (χ4n) is 2.19. The van der Waals surface area contributed by atoms with Crippen LogP contribution in [0.1, 0.15) is 17.3 Å². The number of carbonyl (C=O) groups is 1. The lowest BCUT2D eigenvalue weighted by atomic mass is 10.2. The summed E-state index contributed by atoms with van der Waals surface area (Å²) < 4.78 is 5.73. The number of rotatable bonds is 3. The van der Waals surface area contributed by atoms with Crippen molar-refractivity contribution < 1.29 is 9.53 Å². The van der Waals surface area contributed by atoms with Crippen LogP contribution in [0.3, 0.4) is 0 Å². The molecule has 4 nitrogen and oxygen atoms in total. The first-order valence-corrected chi connectivity index (χ1v) is 8.36. The van der Waals surface area contributed by atoms with Crippen LogP contribution in [-0.4, -0.2) is 22.5 Å². The molecule has 0 saturated heterocycles. The van der Waals surface area contributed by atoms with Crippen LogP contribution in [0.25, 0.3) is 22.4 Å². The normalized spacial score (nSPS) is 11.0. The summed E-state index contributed by atoms with van der Waals surface area (Å²) in [6.45, 7) is 2.09. The number of aromatic amines is 1. The van der Waals surface area contributed by atoms with E-state index in [0.29, 0.717) is 32.5 Å². The Morgan fingerprint density at radius 2 is 2.04 bits per heavy atom. The number of ether oxygens (including phenoxy) is 1. The molecular formula is C16H11BrCl2N2O2. The molecule has 3 aromatic rings. The zero-order valence-electron chi connectivity index (χ0n) is 12.0. The predicted molar refractivity (Wildman–Crippen MR) is 95.2 cm³/mol. The number of carbonyl (C=O) groups excluding carboxylic acids is 1. The molecule has 0 radical (unpaired) electrons. The third kappa shape index (κ3) is 3.22. The number of benzene rings is 2. The van der Waals surface area contributed by atoms with Gasteiger partial charge in [0.1, 0.15) is 11.3 Å². The number of hydrogen-bond donors (Lipinski definition) is 1. The minimum absolute atomic E-state index is 0.325. The Morgan fingerprint density at radius 3 is 2.74 bits per heavy atom. The quantitative estimate of drug-likeness (QED) is 0.578. The largest absolute Gasteiger partial charge is 0.462 e. The average Bonchev–Trinajstić information content (AvgIpc) is 2.95. The molecule has 0 unspecified atom stereocenters. The number of nitrogens with one attached hydrogen (secondary N) is 1. The fraction of sp³-hybridized carbons (Fsp3) is 0.125. The second-order valence-electron chi connectivity index (χ2n) is 4.79. The summed E-state index contributed by atoms with van der Waals surface area (Å²) in [6.07, 6.45) is 0. The Morgan fingerprint density at radius 1 is 1.26 bits per heavy atom. The molecule has 1 N–H and O–H groups in total. The fourth-order valence-corrected chi connectivity index (χ4v) is 3.03. The van der Waals surface area contributed by atoms with Crippen LogP contribution in [0.5, 0.6) is 0 Å². The Hall–Kier alpha value is -1.56. The Balaban J connectivity index is 2.09. The van der Waals surface area contributed by atoms with Gasteiger partial charge in [0.25, 0.3) is 0 Å². The molecule has 0 fully saturated rings. The molecule has 1 heterocycles. The van der Waals surface area contributed by atoms with Crippen LogP contribution in [0, 0.1) is 0 Å². The van der Waals surface area contributed by atoms with E-state index < -0.39 is 0 Å². The summed E-state index contributed by atoms with van der Waals surface area (Å²) in [6, 6.07) is 8.69. The molecule has 1 aromatic heterocycles. The lowest BCUT2D eigenvalue weighted by molar-refractivity contribution is 0.0526. The maximum atomic E-state index is 11.9. The van der Waals surface area contributed by atoms with Gasteiger partial charge in [-0.1, -0.05) is 23.2 Å². The summed E-state index contributed by atoms with van der Waals surface area (Å²) >= 11 is 15.4. The molecule has 0 bridgehead atoms. The van der Waals surface area contributed by atoms with Gasteiger partial charge in [-0.05, 0) is 53.2 Å². The van der Waals surface area contributed by atoms with Crippen molar-refractivity contribution in [1.82, 2.24) is 9.97 Å². The number of aromatic nitrogens is 2. The zero-order valence-corrected chi connectivity index (χ0v) is 15.1. The van der Waals surface area contributed by atoms with Gasteiger partial charge in [0.2, 0.25) is 0 Å². The van der Waals surface area contributed by atoms with Crippen LogP contribution in [-0.2, 0) is 4.74 Å². The summed E-state index contributed by atoms with van der Waals surface area (Å²) in [5.74, 6) is 0.265. The molecule has 23 heavy (non-hydrogen) atoms. The highest BCUT2D eigenvalue weighted by molar-refractivity contribution is 9.10. The summed E-state index contributed by atoms with van der Waals surface area (Å²) in [5, 5.41) is 0.938. The van der Waals surface area contributed by atoms with Crippen LogP contribution < -0.4 is 0 Å². The highest BCUT2D eigenvalue weighted by atomic mass is 79.9. The van der Waals surface area contributed by atoms with Crippen molar-refractivity contribution in [3.05, 3.63) is 50.4 Å². The van der Waals surface area contributed by atoms with Gasteiger partial charge < -0.3 is 9.72 Å². The van der Waals surface area contributed by atoms with Gasteiger partial charge in [-0.3, -0.25) is 0 Å². The molecule has 0 aliphatic carbocycles. The second-order valence-corrected chi connectivity index (χ2v) is 6.46. The molecule has 0 atom stereocenters. The molecule has 2 aromatic carbocycles. The maximum absolute atomic E-state index is 11.9. The molecule has 3 rings (SSSR count). The molecule has 0 aliphatic rings. The number of nitrogens with zero attached hydrogens (tertiary/aromatic N) is 1. The molecule has 0 amide bonds. The Labute approximate surface area is 150 Å². The minimum Gasteiger partial charge on any atom is -0.462 e. The molecule has 0 spiro atoms. The SMILES string of the molecule is CCOC(=O)c1cc(Br)c2nc(-c3ccc(Cl)c(Cl)c3)[nH]c2c1. The van der Waals surface area contributed by atoms with E-state index in [4.69, 9.17) is 27.9 Å². The minimum atomic E-state index is -0.374. The van der Waals surface area contributed by atoms with Crippen LogP contribution in [0.15, 0.2) is 34.8 Å². The van der Waals surface area contributed by atoms with Crippen LogP contribution in [0.2, 0.25) is 10.0 Å². The number of fused-ring (bicyclic) bond motifs is 1. The average molecular weight is 414 g/mol. The zero-order chi connectivity index (χ0) is 16.6. The second kappa shape index (κ2) is 6.51. The van der Waals surface area contributed by atoms with Crippen molar-refractivity contribution in [3.63, 3.8) is 0 Å². The molecule has 0 aliphatic heterocycles. The van der Waals surface area contributed by atoms with Crippen molar-refractivity contribution >= 4 is 56.1 Å². The van der Waals surface area contributed by atoms with E-state index in [1.165, 1.54) is 0 Å². The van der Waals surface area contributed by atoms with Crippen molar-refractivity contribution in [2.45, 2.75) is 6.92 Å². The van der Waals surface area contributed by atoms with E-state index in [9.17, 15) is 4.79 Å². The van der Waals surface area contributed by atoms with E-state index >= 15 is 0 Å². The predicted octanol–water partition coefficient (Wildman–Crippen LogP) is 5.48. The van der Waals surface area contributed by atoms with Crippen LogP contribution in [0.4, 0.5) is 0 Å². The standard InChI is InChI=1S/C16H11BrCl2N2O2/c1-2-23-16(22)9-5-10(17)14-13(7-9)20-15(21-14)8-3-4-11(18)12(19)6-8/h3-7H,2H2,1H3,(H,20,21). The first-order valence-electron chi connectivity index (χ1n) is 6.81. The van der Waals surface area contributed by atoms with E-state index in [0.717, 1.165) is 16.6 Å². The Bertz CT molecular complexity index is 908. The molecular weight excluding hydrogens is 403 g/mol. The number of imidazole rings is 1. The van der Waals surface area contributed by atoms with Gasteiger partial charge in [0, 0.05) is 10.0 Å². The summed E-state index contributed by atoms with van der Waals surface area (Å²) in [7, 11) is 0. The first-order chi connectivity index (χ1) is 11.0. The smallest absolute Gasteiger partial charge is 0.338 e. The summed E-state index contributed by atoms with van der Waals surface area (Å²) in [5.41, 5.74) is 2.71. The molecule has 0 saturated carbocycles. The van der Waals surface area contributed by atoms with Crippen molar-refractivity contribution in [2.24, 2.45) is 0 Å². The van der Waals surface area contributed by atoms with Crippen LogP contribution >= 0.6 is 39.1 Å². The van der Waals surface area contributed by atoms with E-state index in [2.05, 4.69) is 25.9 Å². The maximum Gasteiger partial charge on any atom is 0.338 e. The third-order valence-corrected chi connectivity index (χ3v) is 4.59. The van der Waals surface area contributed by atoms with E-state index in [1.54, 1.807) is 31.2 Å². The van der Waals surface area contributed by atoms with Crippen molar-refractivity contribution in [3.8, 4) is 11.4 Å². The number of esters is 1. The monoisotopic (exact) mass is 412 g/mol. The van der Waals surface area contributed by atoms with Gasteiger partial charge in [0.15, 0.2) is 0 Å². The van der Waals surface area contributed by atoms with Crippen molar-refractivity contribution in [1.29, 1.82) is 0 Å². The lowest BCUT2D eigenvalue weighted by Gasteiger charge is -2.02. The van der Waals surface area contributed by atoms with Gasteiger partial charge in [0.05, 0.1) is 27.7 Å². The lowest BCUT2D eigenvalue weighted by Crippen LogP contribution is -2.04. The van der Waals surface area contributed by atoms with E-state index in [-0.39, 0.29) is 5.97 Å². The molecule has 118 valence electrons. The van der Waals surface area contributed by atoms with Gasteiger partial charge in [-0.2, -0.15) is 0 Å². The van der Waals surface area contributed by atoms with Gasteiger partial charge in [-0.15, -0.1) is 0 Å². The highest BCUT2D eigenvalue weighted by Gasteiger charge is 2.14. The van der Waals surface area contributed by atoms with Crippen molar-refractivity contribution in [2.75, 3.05) is 6.61 Å².